The van der Waals surface area contributed by atoms with E-state index in [-0.39, 0.29) is 17.8 Å². The quantitative estimate of drug-likeness (QED) is 0.669. The first kappa shape index (κ1) is 17.9. The summed E-state index contributed by atoms with van der Waals surface area (Å²) in [6.07, 6.45) is 2.11. The summed E-state index contributed by atoms with van der Waals surface area (Å²) in [6, 6.07) is 4.02. The van der Waals surface area contributed by atoms with Crippen molar-refractivity contribution in [2.75, 3.05) is 33.7 Å². The van der Waals surface area contributed by atoms with Crippen molar-refractivity contribution in [1.82, 2.24) is 25.8 Å². The van der Waals surface area contributed by atoms with Gasteiger partial charge < -0.3 is 25.8 Å². The monoisotopic (exact) mass is 359 g/mol. The van der Waals surface area contributed by atoms with E-state index in [1.165, 1.54) is 12.1 Å². The number of H-pyrrole nitrogens is 1. The second-order valence-corrected chi connectivity index (χ2v) is 6.44. The van der Waals surface area contributed by atoms with Gasteiger partial charge in [-0.25, -0.2) is 9.18 Å². The number of fused-ring (bicyclic) bond motifs is 3. The van der Waals surface area contributed by atoms with E-state index in [0.717, 1.165) is 12.1 Å². The van der Waals surface area contributed by atoms with Crippen LogP contribution in [0, 0.1) is 5.82 Å². The Bertz CT molecular complexity index is 872. The number of nitrogens with one attached hydrogen (secondary N) is 4. The van der Waals surface area contributed by atoms with E-state index in [1.54, 1.807) is 12.3 Å². The van der Waals surface area contributed by atoms with Gasteiger partial charge in [-0.3, -0.25) is 4.79 Å². The molecule has 0 saturated carbocycles. The fourth-order valence-corrected chi connectivity index (χ4v) is 2.93. The van der Waals surface area contributed by atoms with Crippen LogP contribution in [0.4, 0.5) is 9.18 Å². The molecular formula is C18H22FN5O2. The normalized spacial score (nSPS) is 15.7. The van der Waals surface area contributed by atoms with Crippen LogP contribution in [-0.4, -0.2) is 55.6 Å². The van der Waals surface area contributed by atoms with Gasteiger partial charge in [-0.15, -0.1) is 0 Å². The van der Waals surface area contributed by atoms with Crippen LogP contribution in [0.3, 0.4) is 0 Å². The van der Waals surface area contributed by atoms with E-state index in [2.05, 4.69) is 20.9 Å². The lowest BCUT2D eigenvalue weighted by Crippen LogP contribution is -2.36. The minimum absolute atomic E-state index is 0.240. The Labute approximate surface area is 150 Å². The molecule has 3 rings (SSSR count). The van der Waals surface area contributed by atoms with Gasteiger partial charge in [0.2, 0.25) is 0 Å². The number of urea groups is 1. The highest BCUT2D eigenvalue weighted by atomic mass is 19.1. The minimum atomic E-state index is -0.377. The van der Waals surface area contributed by atoms with Gasteiger partial charge in [0.15, 0.2) is 0 Å². The van der Waals surface area contributed by atoms with Gasteiger partial charge in [-0.2, -0.15) is 0 Å². The zero-order chi connectivity index (χ0) is 18.7. The number of halogens is 1. The van der Waals surface area contributed by atoms with Crippen LogP contribution in [0.1, 0.15) is 22.5 Å². The summed E-state index contributed by atoms with van der Waals surface area (Å²) in [5, 5.41) is 8.88. The van der Waals surface area contributed by atoms with Crippen molar-refractivity contribution in [3.05, 3.63) is 41.5 Å². The maximum Gasteiger partial charge on any atom is 0.318 e. The number of aromatic nitrogens is 1. The van der Waals surface area contributed by atoms with Gasteiger partial charge in [0.25, 0.3) is 5.91 Å². The molecule has 1 aliphatic rings. The summed E-state index contributed by atoms with van der Waals surface area (Å²) in [6.45, 7) is 1.69. The number of hydrogen-bond acceptors (Lipinski definition) is 3. The molecule has 4 N–H and O–H groups in total. The molecule has 0 unspecified atom stereocenters. The highest BCUT2D eigenvalue weighted by molar-refractivity contribution is 6.07. The van der Waals surface area contributed by atoms with E-state index < -0.39 is 0 Å². The summed E-state index contributed by atoms with van der Waals surface area (Å²) in [5.74, 6) is -0.617. The van der Waals surface area contributed by atoms with Crippen LogP contribution in [0.15, 0.2) is 24.4 Å². The SMILES string of the molecule is CN(C)CCNC(=O)N/C=C1\CCNC(=O)c2[nH]c3ccc(F)cc3c21. The molecule has 0 radical (unpaired) electrons. The average molecular weight is 359 g/mol. The van der Waals surface area contributed by atoms with Gasteiger partial charge in [0, 0.05) is 42.3 Å². The second kappa shape index (κ2) is 7.57. The van der Waals surface area contributed by atoms with Crippen LogP contribution in [-0.2, 0) is 0 Å². The summed E-state index contributed by atoms with van der Waals surface area (Å²) in [5.41, 5.74) is 2.44. The first-order valence-electron chi connectivity index (χ1n) is 8.43. The van der Waals surface area contributed by atoms with E-state index in [4.69, 9.17) is 0 Å². The minimum Gasteiger partial charge on any atom is -0.350 e. The predicted octanol–water partition coefficient (Wildman–Crippen LogP) is 1.64. The van der Waals surface area contributed by atoms with Crippen molar-refractivity contribution < 1.29 is 14.0 Å². The molecule has 3 amide bonds. The number of amides is 3. The number of aromatic amines is 1. The third-order valence-electron chi connectivity index (χ3n) is 4.21. The number of benzene rings is 1. The lowest BCUT2D eigenvalue weighted by atomic mass is 10.0. The molecule has 7 nitrogen and oxygen atoms in total. The van der Waals surface area contributed by atoms with Crippen LogP contribution in [0.25, 0.3) is 16.5 Å². The molecule has 1 aliphatic heterocycles. The molecule has 0 saturated heterocycles. The molecule has 138 valence electrons. The van der Waals surface area contributed by atoms with Gasteiger partial charge in [-0.05, 0) is 44.3 Å². The lowest BCUT2D eigenvalue weighted by Gasteiger charge is -2.11. The van der Waals surface area contributed by atoms with E-state index in [1.807, 2.05) is 19.0 Å². The first-order chi connectivity index (χ1) is 12.5. The number of nitrogens with zero attached hydrogens (tertiary/aromatic N) is 1. The summed E-state index contributed by atoms with van der Waals surface area (Å²) in [4.78, 5) is 29.2. The lowest BCUT2D eigenvalue weighted by molar-refractivity contribution is 0.0952. The van der Waals surface area contributed by atoms with Gasteiger partial charge in [-0.1, -0.05) is 0 Å². The number of rotatable bonds is 4. The molecule has 0 fully saturated rings. The highest BCUT2D eigenvalue weighted by Gasteiger charge is 2.24. The van der Waals surface area contributed by atoms with E-state index in [0.29, 0.717) is 41.7 Å². The molecule has 0 bridgehead atoms. The molecule has 2 aromatic rings. The van der Waals surface area contributed by atoms with E-state index >= 15 is 0 Å². The molecule has 26 heavy (non-hydrogen) atoms. The summed E-state index contributed by atoms with van der Waals surface area (Å²) in [7, 11) is 3.85. The number of hydrogen-bond donors (Lipinski definition) is 4. The van der Waals surface area contributed by atoms with Crippen LogP contribution >= 0.6 is 0 Å². The summed E-state index contributed by atoms with van der Waals surface area (Å²) >= 11 is 0. The maximum atomic E-state index is 13.7. The van der Waals surface area contributed by atoms with Crippen molar-refractivity contribution in [3.63, 3.8) is 0 Å². The van der Waals surface area contributed by atoms with Crippen LogP contribution < -0.4 is 16.0 Å². The summed E-state index contributed by atoms with van der Waals surface area (Å²) < 4.78 is 13.7. The van der Waals surface area contributed by atoms with Gasteiger partial charge >= 0.3 is 6.03 Å². The first-order valence-corrected chi connectivity index (χ1v) is 8.43. The molecule has 0 aliphatic carbocycles. The fraction of sp³-hybridized carbons (Fsp3) is 0.333. The number of carbonyl (C=O) groups excluding carboxylic acids is 2. The standard InChI is InChI=1S/C18H22FN5O2/c1-24(2)8-7-21-18(26)22-10-11-5-6-20-17(25)16-15(11)13-9-12(19)3-4-14(13)23-16/h3-4,9-10,23H,5-8H2,1-2H3,(H,20,25)(H2,21,22,26)/b11-10+. The largest absolute Gasteiger partial charge is 0.350 e. The van der Waals surface area contributed by atoms with Crippen molar-refractivity contribution in [2.45, 2.75) is 6.42 Å². The fourth-order valence-electron chi connectivity index (χ4n) is 2.93. The molecule has 0 atom stereocenters. The molecule has 2 heterocycles. The van der Waals surface area contributed by atoms with Crippen LogP contribution in [0.2, 0.25) is 0 Å². The average Bonchev–Trinajstić information content (AvgIpc) is 2.88. The highest BCUT2D eigenvalue weighted by Crippen LogP contribution is 2.32. The molecule has 0 spiro atoms. The third kappa shape index (κ3) is 3.85. The molecule has 8 heteroatoms. The molecule has 1 aromatic heterocycles. The van der Waals surface area contributed by atoms with Gasteiger partial charge in [0.05, 0.1) is 0 Å². The Morgan fingerprint density at radius 3 is 2.96 bits per heavy atom. The Balaban J connectivity index is 1.87. The Morgan fingerprint density at radius 2 is 2.19 bits per heavy atom. The zero-order valence-electron chi connectivity index (χ0n) is 14.8. The van der Waals surface area contributed by atoms with Crippen molar-refractivity contribution in [2.24, 2.45) is 0 Å². The molecular weight excluding hydrogens is 337 g/mol. The Kier molecular flexibility index (Phi) is 5.22. The third-order valence-corrected chi connectivity index (χ3v) is 4.21. The van der Waals surface area contributed by atoms with Crippen molar-refractivity contribution >= 4 is 28.4 Å². The Hall–Kier alpha value is -2.87. The maximum absolute atomic E-state index is 13.7. The topological polar surface area (TPSA) is 89.3 Å². The van der Waals surface area contributed by atoms with Crippen molar-refractivity contribution in [3.8, 4) is 0 Å². The second-order valence-electron chi connectivity index (χ2n) is 6.44. The number of carbonyl (C=O) groups is 2. The molecule has 1 aromatic carbocycles. The number of likely N-dealkylation sites (N-methyl/N-ethyl adjacent to an activating group) is 1. The zero-order valence-corrected chi connectivity index (χ0v) is 14.8. The smallest absolute Gasteiger partial charge is 0.318 e. The van der Waals surface area contributed by atoms with Gasteiger partial charge in [0.1, 0.15) is 11.5 Å². The Morgan fingerprint density at radius 1 is 1.38 bits per heavy atom. The van der Waals surface area contributed by atoms with E-state index in [9.17, 15) is 14.0 Å². The van der Waals surface area contributed by atoms with Crippen molar-refractivity contribution in [1.29, 1.82) is 0 Å². The van der Waals surface area contributed by atoms with Crippen LogP contribution in [0.5, 0.6) is 0 Å². The predicted molar refractivity (Wildman–Crippen MR) is 98.3 cm³/mol.